The molecule has 1 aliphatic heterocycles. The van der Waals surface area contributed by atoms with E-state index in [1.165, 1.54) is 5.56 Å². The summed E-state index contributed by atoms with van der Waals surface area (Å²) in [5.74, 6) is -0.404. The highest BCUT2D eigenvalue weighted by Crippen LogP contribution is 2.13. The van der Waals surface area contributed by atoms with Crippen molar-refractivity contribution in [2.24, 2.45) is 0 Å². The maximum atomic E-state index is 12.1. The highest BCUT2D eigenvalue weighted by molar-refractivity contribution is 9.10. The van der Waals surface area contributed by atoms with E-state index >= 15 is 0 Å². The molecule has 0 bridgehead atoms. The van der Waals surface area contributed by atoms with Gasteiger partial charge in [0.2, 0.25) is 5.91 Å². The second-order valence-electron chi connectivity index (χ2n) is 6.47. The van der Waals surface area contributed by atoms with Gasteiger partial charge in [-0.1, -0.05) is 52.3 Å². The zero-order chi connectivity index (χ0) is 18.4. The fourth-order valence-corrected chi connectivity index (χ4v) is 3.51. The number of benzene rings is 2. The Morgan fingerprint density at radius 2 is 1.92 bits per heavy atom. The van der Waals surface area contributed by atoms with Gasteiger partial charge in [-0.15, -0.1) is 0 Å². The van der Waals surface area contributed by atoms with Gasteiger partial charge in [0.1, 0.15) is 0 Å². The van der Waals surface area contributed by atoms with Crippen LogP contribution in [0.3, 0.4) is 0 Å². The van der Waals surface area contributed by atoms with Crippen LogP contribution in [0.5, 0.6) is 0 Å². The Morgan fingerprint density at radius 3 is 2.69 bits per heavy atom. The van der Waals surface area contributed by atoms with Crippen molar-refractivity contribution in [1.29, 1.82) is 0 Å². The highest BCUT2D eigenvalue weighted by Gasteiger charge is 2.23. The Bertz CT molecular complexity index is 767. The summed E-state index contributed by atoms with van der Waals surface area (Å²) in [5.41, 5.74) is 1.81. The van der Waals surface area contributed by atoms with E-state index in [4.69, 9.17) is 0 Å². The molecule has 1 aliphatic rings. The summed E-state index contributed by atoms with van der Waals surface area (Å²) in [7, 11) is 0. The predicted molar refractivity (Wildman–Crippen MR) is 105 cm³/mol. The van der Waals surface area contributed by atoms with Crippen LogP contribution < -0.4 is 10.6 Å². The molecule has 136 valence electrons. The molecule has 0 aromatic heterocycles. The quantitative estimate of drug-likeness (QED) is 0.761. The zero-order valence-corrected chi connectivity index (χ0v) is 16.0. The molecule has 0 spiro atoms. The molecule has 1 heterocycles. The predicted octanol–water partition coefficient (Wildman–Crippen LogP) is 2.57. The van der Waals surface area contributed by atoms with Gasteiger partial charge in [0.15, 0.2) is 0 Å². The van der Waals surface area contributed by atoms with E-state index in [9.17, 15) is 9.59 Å². The molecule has 2 aromatic rings. The van der Waals surface area contributed by atoms with Crippen LogP contribution in [0.4, 0.5) is 0 Å². The minimum absolute atomic E-state index is 0.0134. The van der Waals surface area contributed by atoms with Crippen LogP contribution >= 0.6 is 15.9 Å². The first-order valence-electron chi connectivity index (χ1n) is 8.69. The summed E-state index contributed by atoms with van der Waals surface area (Å²) in [6.07, 6.45) is 0.929. The second-order valence-corrected chi connectivity index (χ2v) is 7.38. The van der Waals surface area contributed by atoms with Crippen LogP contribution in [-0.2, 0) is 11.3 Å². The topological polar surface area (TPSA) is 61.4 Å². The third kappa shape index (κ3) is 5.41. The average molecular weight is 416 g/mol. The van der Waals surface area contributed by atoms with Gasteiger partial charge in [-0.05, 0) is 30.2 Å². The summed E-state index contributed by atoms with van der Waals surface area (Å²) >= 11 is 3.33. The molecular formula is C20H22BrN3O2. The molecule has 26 heavy (non-hydrogen) atoms. The van der Waals surface area contributed by atoms with E-state index in [1.54, 1.807) is 18.2 Å². The number of hydrogen-bond donors (Lipinski definition) is 2. The standard InChI is InChI=1S/C20H22BrN3O2/c21-17-8-4-7-16(11-17)20(26)22-12-19(25)23-18-9-10-24(14-18)13-15-5-2-1-3-6-15/h1-8,11,18H,9-10,12-14H2,(H,22,26)(H,23,25). The summed E-state index contributed by atoms with van der Waals surface area (Å²) in [5, 5.41) is 5.67. The Balaban J connectivity index is 1.40. The number of likely N-dealkylation sites (tertiary alicyclic amines) is 1. The van der Waals surface area contributed by atoms with Crippen molar-refractivity contribution in [3.8, 4) is 0 Å². The number of amides is 2. The molecule has 1 fully saturated rings. The molecule has 5 nitrogen and oxygen atoms in total. The molecule has 1 saturated heterocycles. The Labute approximate surface area is 161 Å². The number of hydrogen-bond acceptors (Lipinski definition) is 3. The second kappa shape index (κ2) is 8.96. The molecular weight excluding hydrogens is 394 g/mol. The molecule has 2 aromatic carbocycles. The molecule has 2 N–H and O–H groups in total. The van der Waals surface area contributed by atoms with E-state index in [1.807, 2.05) is 24.3 Å². The van der Waals surface area contributed by atoms with Gasteiger partial charge < -0.3 is 10.6 Å². The SMILES string of the molecule is O=C(CNC(=O)c1cccc(Br)c1)NC1CCN(Cc2ccccc2)C1. The first-order valence-corrected chi connectivity index (χ1v) is 9.49. The monoisotopic (exact) mass is 415 g/mol. The maximum absolute atomic E-state index is 12.1. The van der Waals surface area contributed by atoms with Crippen LogP contribution in [0, 0.1) is 0 Å². The highest BCUT2D eigenvalue weighted by atomic mass is 79.9. The van der Waals surface area contributed by atoms with E-state index < -0.39 is 0 Å². The fourth-order valence-electron chi connectivity index (χ4n) is 3.11. The van der Waals surface area contributed by atoms with Crippen LogP contribution in [0.25, 0.3) is 0 Å². The van der Waals surface area contributed by atoms with Crippen molar-refractivity contribution >= 4 is 27.7 Å². The molecule has 0 aliphatic carbocycles. The van der Waals surface area contributed by atoms with Crippen molar-refractivity contribution in [1.82, 2.24) is 15.5 Å². The van der Waals surface area contributed by atoms with E-state index in [-0.39, 0.29) is 24.4 Å². The minimum atomic E-state index is -0.251. The van der Waals surface area contributed by atoms with Crippen molar-refractivity contribution in [2.45, 2.75) is 19.0 Å². The Kier molecular flexibility index (Phi) is 6.41. The molecule has 1 unspecified atom stereocenters. The number of rotatable bonds is 6. The molecule has 0 radical (unpaired) electrons. The first kappa shape index (κ1) is 18.6. The smallest absolute Gasteiger partial charge is 0.251 e. The van der Waals surface area contributed by atoms with Crippen molar-refractivity contribution in [2.75, 3.05) is 19.6 Å². The van der Waals surface area contributed by atoms with Gasteiger partial charge in [-0.25, -0.2) is 0 Å². The Morgan fingerprint density at radius 1 is 1.12 bits per heavy atom. The summed E-state index contributed by atoms with van der Waals surface area (Å²) in [6.45, 7) is 2.68. The lowest BCUT2D eigenvalue weighted by atomic mass is 10.2. The van der Waals surface area contributed by atoms with E-state index in [2.05, 4.69) is 43.6 Å². The van der Waals surface area contributed by atoms with E-state index in [0.717, 1.165) is 30.5 Å². The average Bonchev–Trinajstić information content (AvgIpc) is 3.07. The van der Waals surface area contributed by atoms with Crippen molar-refractivity contribution < 1.29 is 9.59 Å². The summed E-state index contributed by atoms with van der Waals surface area (Å²) in [4.78, 5) is 26.5. The van der Waals surface area contributed by atoms with Gasteiger partial charge >= 0.3 is 0 Å². The number of nitrogens with zero attached hydrogens (tertiary/aromatic N) is 1. The Hall–Kier alpha value is -2.18. The van der Waals surface area contributed by atoms with Gasteiger partial charge in [0.05, 0.1) is 6.54 Å². The summed E-state index contributed by atoms with van der Waals surface area (Å²) in [6, 6.07) is 17.5. The van der Waals surface area contributed by atoms with Gasteiger partial charge in [-0.2, -0.15) is 0 Å². The lowest BCUT2D eigenvalue weighted by Gasteiger charge is -2.17. The van der Waals surface area contributed by atoms with Crippen molar-refractivity contribution in [3.63, 3.8) is 0 Å². The van der Waals surface area contributed by atoms with Crippen LogP contribution in [-0.4, -0.2) is 42.4 Å². The number of nitrogens with one attached hydrogen (secondary N) is 2. The third-order valence-corrected chi connectivity index (χ3v) is 4.88. The van der Waals surface area contributed by atoms with Crippen LogP contribution in [0.2, 0.25) is 0 Å². The fraction of sp³-hybridized carbons (Fsp3) is 0.300. The first-order chi connectivity index (χ1) is 12.6. The molecule has 0 saturated carbocycles. The maximum Gasteiger partial charge on any atom is 0.251 e. The van der Waals surface area contributed by atoms with Gasteiger partial charge in [0, 0.05) is 35.7 Å². The molecule has 6 heteroatoms. The number of carbonyl (C=O) groups is 2. The molecule has 2 amide bonds. The van der Waals surface area contributed by atoms with Crippen LogP contribution in [0.15, 0.2) is 59.1 Å². The number of carbonyl (C=O) groups excluding carboxylic acids is 2. The molecule has 1 atom stereocenters. The summed E-state index contributed by atoms with van der Waals surface area (Å²) < 4.78 is 0.832. The van der Waals surface area contributed by atoms with Crippen LogP contribution in [0.1, 0.15) is 22.3 Å². The molecule has 3 rings (SSSR count). The largest absolute Gasteiger partial charge is 0.350 e. The van der Waals surface area contributed by atoms with Crippen molar-refractivity contribution in [3.05, 3.63) is 70.2 Å². The zero-order valence-electron chi connectivity index (χ0n) is 14.5. The van der Waals surface area contributed by atoms with Gasteiger partial charge in [0.25, 0.3) is 5.91 Å². The minimum Gasteiger partial charge on any atom is -0.350 e. The lowest BCUT2D eigenvalue weighted by molar-refractivity contribution is -0.120. The van der Waals surface area contributed by atoms with Gasteiger partial charge in [-0.3, -0.25) is 14.5 Å². The lowest BCUT2D eigenvalue weighted by Crippen LogP contribution is -2.43. The number of halogens is 1. The third-order valence-electron chi connectivity index (χ3n) is 4.38. The van der Waals surface area contributed by atoms with E-state index in [0.29, 0.717) is 5.56 Å². The normalized spacial score (nSPS) is 17.0.